The number of carbonyl (C=O) groups excluding carboxylic acids is 1. The van der Waals surface area contributed by atoms with Crippen LogP contribution in [0.1, 0.15) is 27.9 Å². The van der Waals surface area contributed by atoms with Gasteiger partial charge in [-0.3, -0.25) is 9.47 Å². The van der Waals surface area contributed by atoms with Crippen LogP contribution in [-0.4, -0.2) is 33.6 Å². The van der Waals surface area contributed by atoms with E-state index in [1.165, 1.54) is 12.1 Å². The smallest absolute Gasteiger partial charge is 0.326 e. The van der Waals surface area contributed by atoms with E-state index in [0.29, 0.717) is 48.3 Å². The van der Waals surface area contributed by atoms with Crippen LogP contribution >= 0.6 is 15.9 Å². The molecule has 0 bridgehead atoms. The zero-order valence-corrected chi connectivity index (χ0v) is 21.6. The van der Waals surface area contributed by atoms with Crippen LogP contribution in [0.2, 0.25) is 0 Å². The van der Waals surface area contributed by atoms with Crippen molar-refractivity contribution in [2.45, 2.75) is 19.5 Å². The van der Waals surface area contributed by atoms with Gasteiger partial charge in [-0.1, -0.05) is 12.2 Å². The van der Waals surface area contributed by atoms with Gasteiger partial charge in [0.2, 0.25) is 0 Å². The summed E-state index contributed by atoms with van der Waals surface area (Å²) in [7, 11) is 0. The lowest BCUT2D eigenvalue weighted by atomic mass is 10.0. The number of hydrogen-bond acceptors (Lipinski definition) is 4. The highest BCUT2D eigenvalue weighted by atomic mass is 79.9. The molecular weight excluding hydrogens is 559 g/mol. The molecule has 0 aliphatic carbocycles. The molecule has 10 heteroatoms. The van der Waals surface area contributed by atoms with Crippen molar-refractivity contribution < 1.29 is 18.0 Å². The average Bonchev–Trinajstić information content (AvgIpc) is 3.24. The summed E-state index contributed by atoms with van der Waals surface area (Å²) in [6.07, 6.45) is 5.36. The monoisotopic (exact) mass is 579 g/mol. The summed E-state index contributed by atoms with van der Waals surface area (Å²) in [4.78, 5) is 19.5. The van der Waals surface area contributed by atoms with Gasteiger partial charge in [-0.05, 0) is 69.5 Å². The maximum Gasteiger partial charge on any atom is 0.326 e. The molecule has 1 aliphatic heterocycles. The van der Waals surface area contributed by atoms with Gasteiger partial charge in [-0.25, -0.2) is 22.9 Å². The van der Waals surface area contributed by atoms with Crippen LogP contribution in [0, 0.1) is 28.8 Å². The molecule has 5 rings (SSSR count). The maximum atomic E-state index is 14.0. The molecule has 0 saturated heterocycles. The Hall–Kier alpha value is -3.94. The fourth-order valence-corrected chi connectivity index (χ4v) is 5.09. The Balaban J connectivity index is 1.39. The Morgan fingerprint density at radius 3 is 2.79 bits per heavy atom. The van der Waals surface area contributed by atoms with Crippen molar-refractivity contribution in [3.63, 3.8) is 0 Å². The molecule has 0 fully saturated rings. The minimum Gasteiger partial charge on any atom is -0.333 e. The molecule has 0 radical (unpaired) electrons. The first kappa shape index (κ1) is 25.7. The van der Waals surface area contributed by atoms with Crippen molar-refractivity contribution in [3.05, 3.63) is 105 Å². The number of fused-ring (bicyclic) bond motifs is 3. The first-order valence-corrected chi connectivity index (χ1v) is 12.6. The van der Waals surface area contributed by atoms with Gasteiger partial charge in [-0.2, -0.15) is 5.26 Å². The minimum absolute atomic E-state index is 0.0326. The second-order valence-corrected chi connectivity index (χ2v) is 9.71. The van der Waals surface area contributed by atoms with Crippen LogP contribution in [0.25, 0.3) is 17.0 Å². The van der Waals surface area contributed by atoms with E-state index in [9.17, 15) is 23.2 Å². The van der Waals surface area contributed by atoms with Gasteiger partial charge >= 0.3 is 6.03 Å². The number of nitriles is 1. The van der Waals surface area contributed by atoms with Crippen molar-refractivity contribution in [2.75, 3.05) is 13.1 Å². The largest absolute Gasteiger partial charge is 0.333 e. The number of halogens is 4. The van der Waals surface area contributed by atoms with Gasteiger partial charge in [0.15, 0.2) is 17.5 Å². The summed E-state index contributed by atoms with van der Waals surface area (Å²) in [5.41, 5.74) is 3.88. The number of nitrogens with zero attached hydrogens (tertiary/aromatic N) is 4. The van der Waals surface area contributed by atoms with Crippen molar-refractivity contribution in [2.24, 2.45) is 0 Å². The molecular formula is C28H21BrF3N5O. The molecule has 2 aromatic heterocycles. The fraction of sp³-hybridized carbons (Fsp3) is 0.179. The lowest BCUT2D eigenvalue weighted by molar-refractivity contribution is 0.240. The third-order valence-corrected chi connectivity index (χ3v) is 6.95. The van der Waals surface area contributed by atoms with E-state index in [0.717, 1.165) is 28.3 Å². The van der Waals surface area contributed by atoms with E-state index in [-0.39, 0.29) is 11.6 Å². The van der Waals surface area contributed by atoms with Crippen molar-refractivity contribution in [1.29, 1.82) is 5.26 Å². The number of aromatic nitrogens is 2. The molecule has 1 N–H and O–H groups in total. The van der Waals surface area contributed by atoms with Gasteiger partial charge in [-0.15, -0.1) is 0 Å². The van der Waals surface area contributed by atoms with Gasteiger partial charge in [0.05, 0.1) is 17.1 Å². The number of hydrogen-bond donors (Lipinski definition) is 1. The minimum atomic E-state index is -1.49. The summed E-state index contributed by atoms with van der Waals surface area (Å²) in [5, 5.41) is 13.2. The Kier molecular flexibility index (Phi) is 7.31. The quantitative estimate of drug-likeness (QED) is 0.235. The third-order valence-electron chi connectivity index (χ3n) is 6.52. The predicted octanol–water partition coefficient (Wildman–Crippen LogP) is 5.92. The van der Waals surface area contributed by atoms with Crippen LogP contribution in [0.15, 0.2) is 59.3 Å². The van der Waals surface area contributed by atoms with E-state index < -0.39 is 17.5 Å². The SMILES string of the molecule is N#Cc1ccc2c(c1)c1c(n2C(=O)NCc2ccnc(Br)c2)CCN(C/C=C/c2ccc(F)c(F)c2F)C1. The molecule has 192 valence electrons. The van der Waals surface area contributed by atoms with E-state index in [1.54, 1.807) is 35.0 Å². The number of pyridine rings is 1. The van der Waals surface area contributed by atoms with Crippen molar-refractivity contribution in [1.82, 2.24) is 19.8 Å². The van der Waals surface area contributed by atoms with Crippen LogP contribution in [-0.2, 0) is 19.5 Å². The molecule has 1 aliphatic rings. The van der Waals surface area contributed by atoms with E-state index in [2.05, 4.69) is 37.2 Å². The highest BCUT2D eigenvalue weighted by Gasteiger charge is 2.26. The number of amides is 1. The van der Waals surface area contributed by atoms with Gasteiger partial charge < -0.3 is 5.32 Å². The molecule has 4 aromatic rings. The molecule has 6 nitrogen and oxygen atoms in total. The summed E-state index contributed by atoms with van der Waals surface area (Å²) >= 11 is 3.33. The van der Waals surface area contributed by atoms with Crippen molar-refractivity contribution in [3.8, 4) is 6.07 Å². The maximum absolute atomic E-state index is 14.0. The van der Waals surface area contributed by atoms with Gasteiger partial charge in [0, 0.05) is 55.4 Å². The van der Waals surface area contributed by atoms with E-state index in [4.69, 9.17) is 0 Å². The highest BCUT2D eigenvalue weighted by Crippen LogP contribution is 2.32. The predicted molar refractivity (Wildman–Crippen MR) is 141 cm³/mol. The number of carbonyl (C=O) groups is 1. The van der Waals surface area contributed by atoms with E-state index >= 15 is 0 Å². The van der Waals surface area contributed by atoms with Crippen LogP contribution in [0.5, 0.6) is 0 Å². The van der Waals surface area contributed by atoms with Gasteiger partial charge in [0.1, 0.15) is 4.60 Å². The molecule has 2 aromatic carbocycles. The standard InChI is InChI=1S/C28H21BrF3N5O/c29-25-13-18(7-9-34-25)15-35-28(38)37-23-6-3-17(14-33)12-20(23)21-16-36(11-8-24(21)37)10-1-2-19-4-5-22(30)27(32)26(19)31/h1-7,9,12-13H,8,10-11,15-16H2,(H,35,38)/b2-1+. The topological polar surface area (TPSA) is 74.0 Å². The molecule has 38 heavy (non-hydrogen) atoms. The summed E-state index contributed by atoms with van der Waals surface area (Å²) in [6, 6.07) is 12.9. The Bertz CT molecular complexity index is 1630. The number of rotatable bonds is 5. The second-order valence-electron chi connectivity index (χ2n) is 8.90. The normalized spacial score (nSPS) is 13.6. The highest BCUT2D eigenvalue weighted by molar-refractivity contribution is 9.10. The Labute approximate surface area is 225 Å². The summed E-state index contributed by atoms with van der Waals surface area (Å²) < 4.78 is 43.1. The van der Waals surface area contributed by atoms with Crippen molar-refractivity contribution >= 4 is 38.9 Å². The number of benzene rings is 2. The van der Waals surface area contributed by atoms with Crippen LogP contribution in [0.3, 0.4) is 0 Å². The lowest BCUT2D eigenvalue weighted by Crippen LogP contribution is -2.34. The third kappa shape index (κ3) is 5.08. The average molecular weight is 580 g/mol. The number of nitrogens with one attached hydrogen (secondary N) is 1. The molecule has 3 heterocycles. The first-order chi connectivity index (χ1) is 18.4. The molecule has 0 saturated carbocycles. The zero-order chi connectivity index (χ0) is 26.8. The first-order valence-electron chi connectivity index (χ1n) is 11.8. The molecule has 0 atom stereocenters. The second kappa shape index (κ2) is 10.8. The fourth-order valence-electron chi connectivity index (χ4n) is 4.68. The Morgan fingerprint density at radius 1 is 1.16 bits per heavy atom. The lowest BCUT2D eigenvalue weighted by Gasteiger charge is -2.27. The molecule has 0 unspecified atom stereocenters. The van der Waals surface area contributed by atoms with Crippen LogP contribution < -0.4 is 5.32 Å². The zero-order valence-electron chi connectivity index (χ0n) is 20.0. The molecule has 1 amide bonds. The summed E-state index contributed by atoms with van der Waals surface area (Å²) in [5.74, 6) is -3.95. The van der Waals surface area contributed by atoms with E-state index in [1.807, 2.05) is 12.1 Å². The van der Waals surface area contributed by atoms with Crippen LogP contribution in [0.4, 0.5) is 18.0 Å². The van der Waals surface area contributed by atoms with Gasteiger partial charge in [0.25, 0.3) is 0 Å². The Morgan fingerprint density at radius 2 is 2.00 bits per heavy atom. The summed E-state index contributed by atoms with van der Waals surface area (Å²) in [6.45, 7) is 1.89. The molecule has 0 spiro atoms.